The Labute approximate surface area is 490 Å². The summed E-state index contributed by atoms with van der Waals surface area (Å²) in [7, 11) is 0. The van der Waals surface area contributed by atoms with Gasteiger partial charge in [-0.05, 0) is 126 Å². The van der Waals surface area contributed by atoms with Crippen LogP contribution in [0.1, 0.15) is 45.2 Å². The van der Waals surface area contributed by atoms with E-state index in [2.05, 4.69) is 72.8 Å². The van der Waals surface area contributed by atoms with Crippen LogP contribution in [-0.4, -0.2) is 20.4 Å². The molecule has 402 valence electrons. The number of hydrogen-bond donors (Lipinski definition) is 4. The Kier molecular flexibility index (Phi) is 14.5. The summed E-state index contributed by atoms with van der Waals surface area (Å²) >= 11 is 0. The minimum Gasteiger partial charge on any atom is -0.507 e. The molecule has 0 spiro atoms. The topological polar surface area (TPSA) is 80.9 Å². The summed E-state index contributed by atoms with van der Waals surface area (Å²) in [5.74, 6) is -0.145. The molecule has 4 heteroatoms. The Morgan fingerprint density at radius 3 is 0.417 bits per heavy atom. The largest absolute Gasteiger partial charge is 0.507 e. The summed E-state index contributed by atoms with van der Waals surface area (Å²) in [6.45, 7) is 0. The van der Waals surface area contributed by atoms with Gasteiger partial charge in [0.05, 0.1) is 0 Å². The summed E-state index contributed by atoms with van der Waals surface area (Å²) in [5.41, 5.74) is 18.3. The van der Waals surface area contributed by atoms with Gasteiger partial charge in [0.1, 0.15) is 23.0 Å². The molecule has 0 bridgehead atoms. The average Bonchev–Trinajstić information content (AvgIpc) is 3.15. The van der Waals surface area contributed by atoms with Crippen LogP contribution in [-0.2, 0) is 0 Å². The fourth-order valence-corrected chi connectivity index (χ4v) is 12.0. The third-order valence-electron chi connectivity index (χ3n) is 16.1. The molecule has 0 saturated heterocycles. The van der Waals surface area contributed by atoms with Gasteiger partial charge in [0.25, 0.3) is 0 Å². The van der Waals surface area contributed by atoms with Crippen LogP contribution >= 0.6 is 0 Å². The van der Waals surface area contributed by atoms with Crippen molar-refractivity contribution in [2.24, 2.45) is 0 Å². The molecule has 0 atom stereocenters. The van der Waals surface area contributed by atoms with Crippen molar-refractivity contribution in [3.8, 4) is 112 Å². The molecule has 4 nitrogen and oxygen atoms in total. The molecule has 0 radical (unpaired) electrons. The Balaban J connectivity index is 1.09. The number of phenols is 4. The molecule has 13 rings (SSSR count). The monoisotopic (exact) mass is 1080 g/mol. The standard InChI is InChI=1S/C80H58O4/c81-77-67(53-25-9-1-10-26-53)45-63(46-68(77)54-27-11-2-12-28-54)75(64-47-69(55-29-13-3-14-30-55)78(82)70(48-64)56-31-15-4-16-32-56)61-41-43-62(44-42-61)76(65-49-71(57-33-17-5-18-34-57)79(83)72(50-65)58-35-19-6-20-36-58)66-51-73(59-37-21-7-22-38-59)80(84)74(52-66)60-39-23-8-24-40-60/h1-52,75-76,81-84H. The zero-order valence-corrected chi connectivity index (χ0v) is 46.0. The number of rotatable bonds is 14. The van der Waals surface area contributed by atoms with Gasteiger partial charge >= 0.3 is 0 Å². The third-order valence-corrected chi connectivity index (χ3v) is 16.1. The van der Waals surface area contributed by atoms with Crippen LogP contribution in [0.5, 0.6) is 23.0 Å². The Hall–Kier alpha value is -10.9. The van der Waals surface area contributed by atoms with Crippen LogP contribution in [0.15, 0.2) is 315 Å². The van der Waals surface area contributed by atoms with Crippen molar-refractivity contribution >= 4 is 0 Å². The molecule has 13 aromatic rings. The number of benzene rings is 13. The molecule has 4 N–H and O–H groups in total. The lowest BCUT2D eigenvalue weighted by atomic mass is 9.77. The quantitative estimate of drug-likeness (QED) is 0.0818. The van der Waals surface area contributed by atoms with E-state index in [-0.39, 0.29) is 23.0 Å². The lowest BCUT2D eigenvalue weighted by Gasteiger charge is -2.26. The van der Waals surface area contributed by atoms with Gasteiger partial charge in [-0.3, -0.25) is 0 Å². The number of aromatic hydroxyl groups is 4. The van der Waals surface area contributed by atoms with Crippen LogP contribution in [0.4, 0.5) is 0 Å². The van der Waals surface area contributed by atoms with Gasteiger partial charge in [-0.1, -0.05) is 267 Å². The van der Waals surface area contributed by atoms with E-state index in [0.717, 1.165) is 77.9 Å². The SMILES string of the molecule is Oc1c(-c2ccccc2)cc(C(c2ccc(C(c3cc(-c4ccccc4)c(O)c(-c4ccccc4)c3)c3cc(-c4ccccc4)c(O)c(-c4ccccc4)c3)cc2)c2cc(-c3ccccc3)c(O)c(-c3ccccc3)c2)cc1-c1ccccc1. The summed E-state index contributed by atoms with van der Waals surface area (Å²) < 4.78 is 0. The van der Waals surface area contributed by atoms with E-state index in [1.165, 1.54) is 0 Å². The zero-order valence-electron chi connectivity index (χ0n) is 46.0. The molecule has 0 aliphatic rings. The van der Waals surface area contributed by atoms with Gasteiger partial charge in [0.2, 0.25) is 0 Å². The van der Waals surface area contributed by atoms with Crippen molar-refractivity contribution in [3.05, 3.63) is 349 Å². The Bertz CT molecular complexity index is 3610. The fraction of sp³-hybridized carbons (Fsp3) is 0.0250. The van der Waals surface area contributed by atoms with E-state index in [1.54, 1.807) is 0 Å². The summed E-state index contributed by atoms with van der Waals surface area (Å²) in [5, 5.41) is 49.7. The highest BCUT2D eigenvalue weighted by atomic mass is 16.3. The molecule has 0 saturated carbocycles. The van der Waals surface area contributed by atoms with E-state index < -0.39 is 11.8 Å². The molecule has 13 aromatic carbocycles. The lowest BCUT2D eigenvalue weighted by molar-refractivity contribution is 0.478. The van der Waals surface area contributed by atoms with Crippen LogP contribution in [0.2, 0.25) is 0 Å². The normalized spacial score (nSPS) is 11.3. The maximum absolute atomic E-state index is 12.4. The van der Waals surface area contributed by atoms with Crippen LogP contribution in [0.3, 0.4) is 0 Å². The highest BCUT2D eigenvalue weighted by molar-refractivity contribution is 5.88. The van der Waals surface area contributed by atoms with E-state index in [4.69, 9.17) is 0 Å². The smallest absolute Gasteiger partial charge is 0.131 e. The maximum atomic E-state index is 12.4. The van der Waals surface area contributed by atoms with Gasteiger partial charge in [-0.25, -0.2) is 0 Å². The minimum absolute atomic E-state index is 0.186. The molecule has 0 fully saturated rings. The van der Waals surface area contributed by atoms with Crippen molar-refractivity contribution in [1.82, 2.24) is 0 Å². The predicted octanol–water partition coefficient (Wildman–Crippen LogP) is 20.2. The molecule has 0 unspecified atom stereocenters. The van der Waals surface area contributed by atoms with E-state index in [9.17, 15) is 20.4 Å². The average molecular weight is 1080 g/mol. The van der Waals surface area contributed by atoms with Crippen molar-refractivity contribution in [2.45, 2.75) is 11.8 Å². The van der Waals surface area contributed by atoms with Gasteiger partial charge in [-0.2, -0.15) is 0 Å². The first-order valence-corrected chi connectivity index (χ1v) is 28.4. The van der Waals surface area contributed by atoms with Gasteiger partial charge in [0, 0.05) is 56.3 Å². The molecule has 0 heterocycles. The van der Waals surface area contributed by atoms with Crippen molar-refractivity contribution in [2.75, 3.05) is 0 Å². The number of phenolic OH excluding ortho intramolecular Hbond substituents is 4. The van der Waals surface area contributed by atoms with E-state index in [0.29, 0.717) is 44.5 Å². The lowest BCUT2D eigenvalue weighted by Crippen LogP contribution is -2.08. The first-order valence-electron chi connectivity index (χ1n) is 28.4. The maximum Gasteiger partial charge on any atom is 0.131 e. The van der Waals surface area contributed by atoms with Crippen molar-refractivity contribution in [1.29, 1.82) is 0 Å². The Morgan fingerprint density at radius 2 is 0.286 bits per heavy atom. The van der Waals surface area contributed by atoms with Gasteiger partial charge < -0.3 is 20.4 Å². The predicted molar refractivity (Wildman–Crippen MR) is 344 cm³/mol. The van der Waals surface area contributed by atoms with Gasteiger partial charge in [-0.15, -0.1) is 0 Å². The second-order valence-corrected chi connectivity index (χ2v) is 21.3. The fourth-order valence-electron chi connectivity index (χ4n) is 12.0. The molecule has 0 aliphatic heterocycles. The highest BCUT2D eigenvalue weighted by Crippen LogP contribution is 2.50. The van der Waals surface area contributed by atoms with Crippen LogP contribution < -0.4 is 0 Å². The summed E-state index contributed by atoms with van der Waals surface area (Å²) in [4.78, 5) is 0. The van der Waals surface area contributed by atoms with E-state index in [1.807, 2.05) is 243 Å². The second kappa shape index (κ2) is 23.3. The molecule has 84 heavy (non-hydrogen) atoms. The molecule has 0 aliphatic carbocycles. The van der Waals surface area contributed by atoms with Crippen molar-refractivity contribution in [3.63, 3.8) is 0 Å². The van der Waals surface area contributed by atoms with E-state index >= 15 is 0 Å². The van der Waals surface area contributed by atoms with Gasteiger partial charge in [0.15, 0.2) is 0 Å². The molecule has 0 aromatic heterocycles. The third kappa shape index (κ3) is 10.4. The second-order valence-electron chi connectivity index (χ2n) is 21.3. The number of hydrogen-bond acceptors (Lipinski definition) is 4. The molecular formula is C80H58O4. The zero-order chi connectivity index (χ0) is 56.9. The first kappa shape index (κ1) is 52.4. The Morgan fingerprint density at radius 1 is 0.155 bits per heavy atom. The highest BCUT2D eigenvalue weighted by Gasteiger charge is 2.29. The van der Waals surface area contributed by atoms with Crippen LogP contribution in [0, 0.1) is 0 Å². The molecule has 0 amide bonds. The van der Waals surface area contributed by atoms with Crippen LogP contribution in [0.25, 0.3) is 89.0 Å². The summed E-state index contributed by atoms with van der Waals surface area (Å²) in [6, 6.07) is 106. The summed E-state index contributed by atoms with van der Waals surface area (Å²) in [6.07, 6.45) is 0. The molecular weight excluding hydrogens is 1020 g/mol. The van der Waals surface area contributed by atoms with Crippen molar-refractivity contribution < 1.29 is 20.4 Å². The first-order chi connectivity index (χ1) is 41.3. The minimum atomic E-state index is -0.445.